The van der Waals surface area contributed by atoms with E-state index >= 15 is 0 Å². The average Bonchev–Trinajstić information content (AvgIpc) is 2.44. The monoisotopic (exact) mass is 329 g/mol. The maximum absolute atomic E-state index is 11.8. The molecule has 1 aliphatic rings. The number of nitrogens with zero attached hydrogens (tertiary/aromatic N) is 1. The first kappa shape index (κ1) is 16.9. The van der Waals surface area contributed by atoms with Crippen molar-refractivity contribution in [3.63, 3.8) is 0 Å². The molecule has 0 amide bonds. The molecule has 0 aliphatic carbocycles. The van der Waals surface area contributed by atoms with Gasteiger partial charge in [0.1, 0.15) is 5.75 Å². The smallest absolute Gasteiger partial charge is 0.338 e. The van der Waals surface area contributed by atoms with E-state index in [4.69, 9.17) is 9.47 Å². The Hall–Kier alpha value is -1.44. The summed E-state index contributed by atoms with van der Waals surface area (Å²) in [5.41, 5.74) is 0.898. The lowest BCUT2D eigenvalue weighted by molar-refractivity contribution is 0.0600. The number of anilines is 1. The van der Waals surface area contributed by atoms with Gasteiger partial charge in [-0.1, -0.05) is 0 Å². The lowest BCUT2D eigenvalue weighted by Gasteiger charge is -2.47. The molecule has 1 fully saturated rings. The molecule has 0 spiro atoms. The Labute approximate surface area is 132 Å². The van der Waals surface area contributed by atoms with Gasteiger partial charge >= 0.3 is 5.97 Å². The molecule has 2 rings (SSSR count). The van der Waals surface area contributed by atoms with Gasteiger partial charge < -0.3 is 9.47 Å². The van der Waals surface area contributed by atoms with E-state index in [1.807, 2.05) is 13.8 Å². The third-order valence-electron chi connectivity index (χ3n) is 3.35. The average molecular weight is 329 g/mol. The van der Waals surface area contributed by atoms with E-state index in [1.165, 1.54) is 7.11 Å². The molecule has 22 heavy (non-hydrogen) atoms. The van der Waals surface area contributed by atoms with Crippen LogP contribution in [0.2, 0.25) is 0 Å². The first-order valence-electron chi connectivity index (χ1n) is 7.27. The molecule has 1 saturated heterocycles. The second-order valence-corrected chi connectivity index (χ2v) is 7.63. The first-order valence-corrected chi connectivity index (χ1v) is 8.94. The molecule has 0 unspecified atom stereocenters. The third kappa shape index (κ3) is 3.85. The zero-order chi connectivity index (χ0) is 16.3. The molecular formula is C15H23NO5S. The Morgan fingerprint density at radius 2 is 2.00 bits per heavy atom. The summed E-state index contributed by atoms with van der Waals surface area (Å²) in [6.45, 7) is 4.31. The Bertz CT molecular complexity index is 547. The number of carbonyl (C=O) groups excluding carboxylic acids is 1. The molecule has 0 aromatic heterocycles. The first-order chi connectivity index (χ1) is 10.3. The third-order valence-corrected chi connectivity index (χ3v) is 5.29. The van der Waals surface area contributed by atoms with Gasteiger partial charge in [-0.3, -0.25) is 13.4 Å². The van der Waals surface area contributed by atoms with Crippen LogP contribution in [0, 0.1) is 0 Å². The van der Waals surface area contributed by atoms with Gasteiger partial charge in [-0.25, -0.2) is 4.79 Å². The van der Waals surface area contributed by atoms with Crippen LogP contribution in [-0.2, 0) is 4.74 Å². The van der Waals surface area contributed by atoms with Gasteiger partial charge in [0.25, 0.3) is 0 Å². The molecule has 124 valence electrons. The molecule has 0 saturated carbocycles. The molecule has 1 aromatic carbocycles. The fourth-order valence-corrected chi connectivity index (χ4v) is 4.09. The molecule has 1 heterocycles. The van der Waals surface area contributed by atoms with Crippen LogP contribution in [0.4, 0.5) is 5.69 Å². The van der Waals surface area contributed by atoms with Crippen LogP contribution in [0.5, 0.6) is 5.75 Å². The summed E-state index contributed by atoms with van der Waals surface area (Å²) < 4.78 is 32.5. The van der Waals surface area contributed by atoms with E-state index in [9.17, 15) is 13.9 Å². The van der Waals surface area contributed by atoms with Crippen molar-refractivity contribution in [3.8, 4) is 5.75 Å². The van der Waals surface area contributed by atoms with Crippen LogP contribution in [0.1, 0.15) is 37.0 Å². The van der Waals surface area contributed by atoms with Gasteiger partial charge in [-0.2, -0.15) is 0 Å². The largest absolute Gasteiger partial charge is 0.491 e. The number of methoxy groups -OCH3 is 1. The Kier molecular flexibility index (Phi) is 5.20. The van der Waals surface area contributed by atoms with Crippen molar-refractivity contribution in [1.82, 2.24) is 0 Å². The van der Waals surface area contributed by atoms with Crippen LogP contribution in [0.25, 0.3) is 0 Å². The molecular weight excluding hydrogens is 306 g/mol. The maximum atomic E-state index is 11.8. The van der Waals surface area contributed by atoms with Crippen molar-refractivity contribution in [2.45, 2.75) is 32.8 Å². The fraction of sp³-hybridized carbons (Fsp3) is 0.533. The van der Waals surface area contributed by atoms with Gasteiger partial charge in [0.05, 0.1) is 30.2 Å². The lowest BCUT2D eigenvalue weighted by atomic mass is 10.1. The van der Waals surface area contributed by atoms with E-state index in [2.05, 4.69) is 0 Å². The Morgan fingerprint density at radius 3 is 2.59 bits per heavy atom. The summed E-state index contributed by atoms with van der Waals surface area (Å²) in [7, 11) is -1.53. The van der Waals surface area contributed by atoms with Crippen molar-refractivity contribution < 1.29 is 23.4 Å². The van der Waals surface area contributed by atoms with Crippen LogP contribution >= 0.6 is 10.8 Å². The van der Waals surface area contributed by atoms with E-state index in [1.54, 1.807) is 22.5 Å². The summed E-state index contributed by atoms with van der Waals surface area (Å²) in [4.78, 5) is 11.8. The minimum Gasteiger partial charge on any atom is -0.491 e. The van der Waals surface area contributed by atoms with E-state index in [-0.39, 0.29) is 6.10 Å². The number of ether oxygens (including phenoxy) is 2. The summed E-state index contributed by atoms with van der Waals surface area (Å²) >= 11 is 0. The topological polar surface area (TPSA) is 79.2 Å². The minimum absolute atomic E-state index is 0.0533. The predicted molar refractivity (Wildman–Crippen MR) is 87.8 cm³/mol. The van der Waals surface area contributed by atoms with Crippen molar-refractivity contribution in [2.24, 2.45) is 0 Å². The highest BCUT2D eigenvalue weighted by Gasteiger charge is 2.28. The molecule has 7 heteroatoms. The SMILES string of the molecule is COC(=O)c1cc(OC(C)C)cc(N2CCCCS2(O)O)c1. The van der Waals surface area contributed by atoms with Crippen molar-refractivity contribution in [1.29, 1.82) is 0 Å². The van der Waals surface area contributed by atoms with Gasteiger partial charge in [0.15, 0.2) is 0 Å². The summed E-state index contributed by atoms with van der Waals surface area (Å²) in [6, 6.07) is 4.94. The summed E-state index contributed by atoms with van der Waals surface area (Å²) in [6.07, 6.45) is 1.60. The summed E-state index contributed by atoms with van der Waals surface area (Å²) in [5, 5.41) is 0. The number of benzene rings is 1. The van der Waals surface area contributed by atoms with Gasteiger partial charge in [0.2, 0.25) is 0 Å². The van der Waals surface area contributed by atoms with E-state index < -0.39 is 16.7 Å². The van der Waals surface area contributed by atoms with Crippen LogP contribution in [0.15, 0.2) is 18.2 Å². The van der Waals surface area contributed by atoms with E-state index in [0.29, 0.717) is 29.3 Å². The number of carbonyl (C=O) groups is 1. The molecule has 0 bridgehead atoms. The van der Waals surface area contributed by atoms with Crippen LogP contribution < -0.4 is 9.04 Å². The summed E-state index contributed by atoms with van der Waals surface area (Å²) in [5.74, 6) is 0.369. The zero-order valence-corrected chi connectivity index (χ0v) is 13.9. The highest BCUT2D eigenvalue weighted by Crippen LogP contribution is 2.50. The van der Waals surface area contributed by atoms with Crippen molar-refractivity contribution >= 4 is 22.4 Å². The van der Waals surface area contributed by atoms with Gasteiger partial charge in [-0.15, -0.1) is 10.8 Å². The molecule has 1 aromatic rings. The predicted octanol–water partition coefficient (Wildman–Crippen LogP) is 3.53. The van der Waals surface area contributed by atoms with Gasteiger partial charge in [-0.05, 0) is 38.8 Å². The highest BCUT2D eigenvalue weighted by molar-refractivity contribution is 8.25. The number of hydrogen-bond acceptors (Lipinski definition) is 6. The zero-order valence-electron chi connectivity index (χ0n) is 13.1. The lowest BCUT2D eigenvalue weighted by Crippen LogP contribution is -2.34. The molecule has 0 radical (unpaired) electrons. The highest BCUT2D eigenvalue weighted by atomic mass is 32.3. The van der Waals surface area contributed by atoms with Crippen LogP contribution in [0.3, 0.4) is 0 Å². The molecule has 6 nitrogen and oxygen atoms in total. The fourth-order valence-electron chi connectivity index (χ4n) is 2.41. The van der Waals surface area contributed by atoms with Crippen molar-refractivity contribution in [3.05, 3.63) is 23.8 Å². The van der Waals surface area contributed by atoms with Gasteiger partial charge in [0, 0.05) is 12.6 Å². The van der Waals surface area contributed by atoms with Crippen LogP contribution in [-0.4, -0.2) is 40.6 Å². The minimum atomic E-state index is -2.85. The van der Waals surface area contributed by atoms with E-state index in [0.717, 1.165) is 12.8 Å². The molecule has 1 aliphatic heterocycles. The number of rotatable bonds is 4. The second-order valence-electron chi connectivity index (χ2n) is 5.52. The Balaban J connectivity index is 2.42. The quantitative estimate of drug-likeness (QED) is 0.823. The molecule has 0 atom stereocenters. The molecule has 2 N–H and O–H groups in total. The Morgan fingerprint density at radius 1 is 1.27 bits per heavy atom. The van der Waals surface area contributed by atoms with Crippen molar-refractivity contribution in [2.75, 3.05) is 23.7 Å². The second kappa shape index (κ2) is 6.76. The number of hydrogen-bond donors (Lipinski definition) is 2. The maximum Gasteiger partial charge on any atom is 0.338 e. The standard InChI is InChI=1S/C15H23NO5S/c1-11(2)21-14-9-12(15(17)20-3)8-13(10-14)16-6-4-5-7-22(16,18)19/h8-11,18-19H,4-7H2,1-3H3. The normalized spacial score (nSPS) is 18.9. The number of esters is 1.